The smallest absolute Gasteiger partial charge is 0.225 e. The molecule has 1 aromatic carbocycles. The third-order valence-electron chi connectivity index (χ3n) is 5.44. The van der Waals surface area contributed by atoms with Gasteiger partial charge in [0.2, 0.25) is 11.9 Å². The Labute approximate surface area is 177 Å². The van der Waals surface area contributed by atoms with E-state index in [0.29, 0.717) is 40.5 Å². The number of pyridine rings is 2. The Balaban J connectivity index is 1.53. The largest absolute Gasteiger partial charge is 0.396 e. The van der Waals surface area contributed by atoms with Crippen LogP contribution >= 0.6 is 0 Å². The van der Waals surface area contributed by atoms with Crippen molar-refractivity contribution in [2.24, 2.45) is 0 Å². The number of nitrogens with zero attached hydrogens (tertiary/aromatic N) is 3. The Morgan fingerprint density at radius 3 is 2.90 bits per heavy atom. The maximum absolute atomic E-state index is 15.0. The average Bonchev–Trinajstić information content (AvgIpc) is 3.02. The maximum atomic E-state index is 15.0. The van der Waals surface area contributed by atoms with Gasteiger partial charge >= 0.3 is 0 Å². The lowest BCUT2D eigenvalue weighted by molar-refractivity contribution is -0.116. The van der Waals surface area contributed by atoms with Gasteiger partial charge in [0.25, 0.3) is 0 Å². The van der Waals surface area contributed by atoms with Crippen LogP contribution in [0.1, 0.15) is 24.1 Å². The first kappa shape index (κ1) is 19.0. The summed E-state index contributed by atoms with van der Waals surface area (Å²) in [4.78, 5) is 27.8. The monoisotopic (exact) mass is 417 g/mol. The van der Waals surface area contributed by atoms with Crippen molar-refractivity contribution < 1.29 is 9.18 Å². The van der Waals surface area contributed by atoms with E-state index < -0.39 is 5.82 Å². The van der Waals surface area contributed by atoms with Crippen molar-refractivity contribution >= 4 is 40.0 Å². The number of hydrogen-bond donors (Lipinski definition) is 4. The number of nitrogens with one attached hydrogen (secondary N) is 3. The normalized spacial score (nSPS) is 13.5. The number of carbonyl (C=O) groups excluding carboxylic acids is 1. The molecular formula is C22H20FN7O. The zero-order valence-electron chi connectivity index (χ0n) is 16.8. The highest BCUT2D eigenvalue weighted by atomic mass is 19.1. The van der Waals surface area contributed by atoms with Crippen molar-refractivity contribution in [3.8, 4) is 11.1 Å². The van der Waals surface area contributed by atoms with Gasteiger partial charge in [0.15, 0.2) is 11.6 Å². The van der Waals surface area contributed by atoms with Crippen molar-refractivity contribution in [2.45, 2.75) is 26.2 Å². The van der Waals surface area contributed by atoms with Crippen LogP contribution in [0.15, 0.2) is 36.8 Å². The van der Waals surface area contributed by atoms with Gasteiger partial charge in [0, 0.05) is 41.5 Å². The van der Waals surface area contributed by atoms with Crippen LogP contribution in [0.5, 0.6) is 0 Å². The van der Waals surface area contributed by atoms with Crippen LogP contribution in [0, 0.1) is 12.7 Å². The minimum absolute atomic E-state index is 0.0437. The summed E-state index contributed by atoms with van der Waals surface area (Å²) in [5, 5.41) is 7.17. The topological polar surface area (TPSA) is 122 Å². The van der Waals surface area contributed by atoms with E-state index in [2.05, 4.69) is 30.6 Å². The summed E-state index contributed by atoms with van der Waals surface area (Å²) in [6, 6.07) is 5.36. The van der Waals surface area contributed by atoms with E-state index in [1.165, 1.54) is 6.20 Å². The molecule has 9 heteroatoms. The summed E-state index contributed by atoms with van der Waals surface area (Å²) in [7, 11) is 0. The number of amides is 1. The molecule has 0 radical (unpaired) electrons. The van der Waals surface area contributed by atoms with E-state index in [1.807, 2.05) is 13.0 Å². The van der Waals surface area contributed by atoms with Gasteiger partial charge in [-0.1, -0.05) is 0 Å². The van der Waals surface area contributed by atoms with Gasteiger partial charge in [-0.15, -0.1) is 0 Å². The number of anilines is 4. The summed E-state index contributed by atoms with van der Waals surface area (Å²) in [5.41, 5.74) is 8.98. The maximum Gasteiger partial charge on any atom is 0.225 e. The lowest BCUT2D eigenvalue weighted by Gasteiger charge is -2.12. The second-order valence-corrected chi connectivity index (χ2v) is 7.57. The Kier molecular flexibility index (Phi) is 4.50. The molecule has 8 nitrogen and oxygen atoms in total. The summed E-state index contributed by atoms with van der Waals surface area (Å²) in [5.74, 6) is 0.986. The van der Waals surface area contributed by atoms with E-state index in [0.717, 1.165) is 29.5 Å². The molecule has 0 aliphatic carbocycles. The number of aromatic nitrogens is 4. The summed E-state index contributed by atoms with van der Waals surface area (Å²) in [6.07, 6.45) is 6.80. The molecule has 1 aliphatic rings. The molecule has 4 aromatic rings. The highest BCUT2D eigenvalue weighted by Crippen LogP contribution is 2.35. The Morgan fingerprint density at radius 2 is 2.06 bits per heavy atom. The molecular weight excluding hydrogens is 397 g/mol. The fraction of sp³-hybridized carbons (Fsp3) is 0.182. The highest BCUT2D eigenvalue weighted by Gasteiger charge is 2.18. The molecule has 0 saturated heterocycles. The first-order chi connectivity index (χ1) is 15.0. The number of rotatable bonds is 3. The zero-order chi connectivity index (χ0) is 21.5. The van der Waals surface area contributed by atoms with Crippen molar-refractivity contribution in [3.63, 3.8) is 0 Å². The van der Waals surface area contributed by atoms with Crippen LogP contribution in [0.25, 0.3) is 21.9 Å². The van der Waals surface area contributed by atoms with Gasteiger partial charge in [0.05, 0.1) is 11.4 Å². The van der Waals surface area contributed by atoms with E-state index in [4.69, 9.17) is 5.73 Å². The number of carbonyl (C=O) groups is 1. The second-order valence-electron chi connectivity index (χ2n) is 7.57. The number of halogens is 1. The quantitative estimate of drug-likeness (QED) is 0.373. The first-order valence-corrected chi connectivity index (χ1v) is 9.94. The average molecular weight is 417 g/mol. The number of aromatic amines is 1. The molecule has 0 unspecified atom stereocenters. The Morgan fingerprint density at radius 1 is 1.19 bits per heavy atom. The van der Waals surface area contributed by atoms with Crippen LogP contribution in [0.4, 0.5) is 27.7 Å². The Hall–Kier alpha value is -4.01. The molecule has 3 aromatic heterocycles. The van der Waals surface area contributed by atoms with Crippen LogP contribution in [-0.4, -0.2) is 25.8 Å². The molecule has 0 fully saturated rings. The lowest BCUT2D eigenvalue weighted by atomic mass is 9.98. The SMILES string of the molecule is Cc1ccncc1-c1cc2cc(Nc3nc4c([nH]3)CCCC(=O)N4)ncc2c(N)c1F. The number of nitrogen functional groups attached to an aromatic ring is 1. The molecule has 0 atom stereocenters. The standard InChI is InChI=1S/C22H20FN7O/c1-11-5-6-25-9-14(11)13-7-12-8-17(26-10-15(12)20(24)19(13)23)28-22-27-16-3-2-4-18(31)29-21(16)30-22/h5-10H,2-4,24H2,1H3,(H,29,31)(H2,26,27,28,30). The van der Waals surface area contributed by atoms with Gasteiger partial charge in [-0.3, -0.25) is 9.78 Å². The van der Waals surface area contributed by atoms with Crippen molar-refractivity contribution in [3.05, 3.63) is 53.9 Å². The van der Waals surface area contributed by atoms with Crippen LogP contribution < -0.4 is 16.4 Å². The predicted molar refractivity (Wildman–Crippen MR) is 118 cm³/mol. The number of hydrogen-bond acceptors (Lipinski definition) is 6. The molecule has 5 N–H and O–H groups in total. The minimum Gasteiger partial charge on any atom is -0.396 e. The fourth-order valence-corrected chi connectivity index (χ4v) is 3.80. The molecule has 5 rings (SSSR count). The summed E-state index contributed by atoms with van der Waals surface area (Å²) in [6.45, 7) is 1.90. The van der Waals surface area contributed by atoms with E-state index in [1.54, 1.807) is 24.5 Å². The van der Waals surface area contributed by atoms with Gasteiger partial charge in [0.1, 0.15) is 5.82 Å². The third kappa shape index (κ3) is 3.43. The van der Waals surface area contributed by atoms with Crippen molar-refractivity contribution in [1.82, 2.24) is 19.9 Å². The van der Waals surface area contributed by atoms with Crippen LogP contribution in [0.3, 0.4) is 0 Å². The minimum atomic E-state index is -0.489. The molecule has 1 aliphatic heterocycles. The van der Waals surface area contributed by atoms with Crippen molar-refractivity contribution in [1.29, 1.82) is 0 Å². The molecule has 4 heterocycles. The first-order valence-electron chi connectivity index (χ1n) is 9.94. The van der Waals surface area contributed by atoms with Gasteiger partial charge in [-0.05, 0) is 48.9 Å². The Bertz CT molecular complexity index is 1330. The van der Waals surface area contributed by atoms with E-state index in [-0.39, 0.29) is 11.6 Å². The predicted octanol–water partition coefficient (Wildman–Crippen LogP) is 4.07. The lowest BCUT2D eigenvalue weighted by Crippen LogP contribution is -2.09. The number of fused-ring (bicyclic) bond motifs is 2. The molecule has 0 saturated carbocycles. The second kappa shape index (κ2) is 7.35. The highest BCUT2D eigenvalue weighted by molar-refractivity contribution is 5.98. The molecule has 156 valence electrons. The molecule has 31 heavy (non-hydrogen) atoms. The molecule has 0 bridgehead atoms. The molecule has 0 spiro atoms. The summed E-state index contributed by atoms with van der Waals surface area (Å²) >= 11 is 0. The van der Waals surface area contributed by atoms with Gasteiger partial charge < -0.3 is 21.4 Å². The zero-order valence-corrected chi connectivity index (χ0v) is 16.8. The van der Waals surface area contributed by atoms with E-state index in [9.17, 15) is 9.18 Å². The van der Waals surface area contributed by atoms with Crippen LogP contribution in [-0.2, 0) is 11.2 Å². The van der Waals surface area contributed by atoms with Crippen LogP contribution in [0.2, 0.25) is 0 Å². The van der Waals surface area contributed by atoms with E-state index >= 15 is 0 Å². The number of imidazole rings is 1. The number of H-pyrrole nitrogens is 1. The number of aryl methyl sites for hydroxylation is 2. The summed E-state index contributed by atoms with van der Waals surface area (Å²) < 4.78 is 15.0. The third-order valence-corrected chi connectivity index (χ3v) is 5.44. The molecule has 1 amide bonds. The number of nitrogens with two attached hydrogens (primary N) is 1. The van der Waals surface area contributed by atoms with Gasteiger partial charge in [-0.25, -0.2) is 9.37 Å². The fourth-order valence-electron chi connectivity index (χ4n) is 3.80. The van der Waals surface area contributed by atoms with Gasteiger partial charge in [-0.2, -0.15) is 4.98 Å². The van der Waals surface area contributed by atoms with Crippen molar-refractivity contribution in [2.75, 3.05) is 16.4 Å². The number of benzene rings is 1.